The lowest BCUT2D eigenvalue weighted by Gasteiger charge is -2.26. The van der Waals surface area contributed by atoms with Crippen molar-refractivity contribution in [3.05, 3.63) is 0 Å². The molecule has 0 aromatic carbocycles. The molecule has 8 heteroatoms. The van der Waals surface area contributed by atoms with Crippen molar-refractivity contribution >= 4 is 11.8 Å². The van der Waals surface area contributed by atoms with Gasteiger partial charge in [0, 0.05) is 32.7 Å². The molecule has 0 radical (unpaired) electrons. The van der Waals surface area contributed by atoms with Crippen LogP contribution in [0.1, 0.15) is 6.42 Å². The first kappa shape index (κ1) is 17.8. The summed E-state index contributed by atoms with van der Waals surface area (Å²) in [5, 5.41) is 20.2. The summed E-state index contributed by atoms with van der Waals surface area (Å²) in [6.07, 6.45) is 0.763. The molecule has 2 amide bonds. The molecule has 0 saturated carbocycles. The number of carbonyl (C=O) groups is 2. The van der Waals surface area contributed by atoms with Crippen LogP contribution in [0.4, 0.5) is 0 Å². The maximum absolute atomic E-state index is 11.8. The molecular weight excluding hydrogens is 278 g/mol. The van der Waals surface area contributed by atoms with Gasteiger partial charge in [-0.15, -0.1) is 0 Å². The molecule has 1 heterocycles. The Labute approximate surface area is 124 Å². The van der Waals surface area contributed by atoms with Crippen LogP contribution < -0.4 is 5.32 Å². The van der Waals surface area contributed by atoms with Crippen LogP contribution in [0.25, 0.3) is 0 Å². The minimum Gasteiger partial charge on any atom is -0.395 e. The Morgan fingerprint density at radius 2 is 1.76 bits per heavy atom. The van der Waals surface area contributed by atoms with E-state index >= 15 is 0 Å². The zero-order chi connectivity index (χ0) is 15.5. The maximum Gasteiger partial charge on any atom is 0.312 e. The molecule has 3 N–H and O–H groups in total. The predicted octanol–water partition coefficient (Wildman–Crippen LogP) is -2.36. The van der Waals surface area contributed by atoms with Gasteiger partial charge in [0.15, 0.2) is 0 Å². The van der Waals surface area contributed by atoms with Gasteiger partial charge in [-0.25, -0.2) is 0 Å². The van der Waals surface area contributed by atoms with E-state index in [0.29, 0.717) is 6.54 Å². The van der Waals surface area contributed by atoms with E-state index in [1.165, 1.54) is 0 Å². The molecule has 21 heavy (non-hydrogen) atoms. The Morgan fingerprint density at radius 3 is 2.33 bits per heavy atom. The van der Waals surface area contributed by atoms with Crippen molar-refractivity contribution in [3.8, 4) is 0 Å². The molecule has 122 valence electrons. The number of hydrogen-bond donors (Lipinski definition) is 3. The van der Waals surface area contributed by atoms with Gasteiger partial charge in [-0.05, 0) is 13.0 Å². The molecule has 0 aliphatic carbocycles. The van der Waals surface area contributed by atoms with E-state index in [4.69, 9.17) is 14.9 Å². The van der Waals surface area contributed by atoms with E-state index in [9.17, 15) is 9.59 Å². The number of hydrogen-bond acceptors (Lipinski definition) is 6. The second-order valence-electron chi connectivity index (χ2n) is 4.80. The monoisotopic (exact) mass is 303 g/mol. The van der Waals surface area contributed by atoms with E-state index in [2.05, 4.69) is 10.2 Å². The Bertz CT molecular complexity index is 315. The van der Waals surface area contributed by atoms with E-state index in [0.717, 1.165) is 44.2 Å². The molecule has 0 aromatic heterocycles. The first-order valence-electron chi connectivity index (χ1n) is 7.28. The normalized spacial score (nSPS) is 15.7. The number of aliphatic hydroxyl groups is 2. The highest BCUT2D eigenvalue weighted by atomic mass is 16.5. The van der Waals surface area contributed by atoms with E-state index < -0.39 is 11.8 Å². The third-order valence-corrected chi connectivity index (χ3v) is 3.26. The van der Waals surface area contributed by atoms with E-state index in [1.54, 1.807) is 0 Å². The molecule has 1 saturated heterocycles. The largest absolute Gasteiger partial charge is 0.395 e. The van der Waals surface area contributed by atoms with Gasteiger partial charge >= 0.3 is 11.8 Å². The number of nitrogens with zero attached hydrogens (tertiary/aromatic N) is 2. The van der Waals surface area contributed by atoms with Gasteiger partial charge in [0.05, 0.1) is 26.4 Å². The summed E-state index contributed by atoms with van der Waals surface area (Å²) in [5.41, 5.74) is 0. The van der Waals surface area contributed by atoms with E-state index in [-0.39, 0.29) is 26.3 Å². The quantitative estimate of drug-likeness (QED) is 0.342. The van der Waals surface area contributed by atoms with Crippen LogP contribution in [0.2, 0.25) is 0 Å². The standard InChI is InChI=1S/C13H25N3O5/c17-8-4-16(5-9-18)13(20)12(19)14-2-1-3-15-6-10-21-11-7-15/h17-18H,1-11H2,(H,14,19). The first-order chi connectivity index (χ1) is 10.2. The second-order valence-corrected chi connectivity index (χ2v) is 4.80. The Morgan fingerprint density at radius 1 is 1.14 bits per heavy atom. The molecule has 0 bridgehead atoms. The Balaban J connectivity index is 2.20. The molecular formula is C13H25N3O5. The van der Waals surface area contributed by atoms with Crippen LogP contribution in [-0.4, -0.2) is 97.5 Å². The molecule has 1 aliphatic heterocycles. The number of morpholine rings is 1. The number of amides is 2. The highest BCUT2D eigenvalue weighted by Crippen LogP contribution is 1.97. The fraction of sp³-hybridized carbons (Fsp3) is 0.846. The second kappa shape index (κ2) is 10.5. The van der Waals surface area contributed by atoms with Gasteiger partial charge < -0.3 is 25.2 Å². The van der Waals surface area contributed by atoms with Gasteiger partial charge in [0.1, 0.15) is 0 Å². The highest BCUT2D eigenvalue weighted by Gasteiger charge is 2.20. The molecule has 0 spiro atoms. The third-order valence-electron chi connectivity index (χ3n) is 3.26. The summed E-state index contributed by atoms with van der Waals surface area (Å²) in [6.45, 7) is 4.15. The lowest BCUT2D eigenvalue weighted by molar-refractivity contribution is -0.146. The zero-order valence-electron chi connectivity index (χ0n) is 12.3. The van der Waals surface area contributed by atoms with Crippen molar-refractivity contribution < 1.29 is 24.5 Å². The number of aliphatic hydroxyl groups excluding tert-OH is 2. The lowest BCUT2D eigenvalue weighted by Crippen LogP contribution is -2.46. The summed E-state index contributed by atoms with van der Waals surface area (Å²) >= 11 is 0. The predicted molar refractivity (Wildman–Crippen MR) is 75.6 cm³/mol. The van der Waals surface area contributed by atoms with Crippen LogP contribution in [0.5, 0.6) is 0 Å². The van der Waals surface area contributed by atoms with Gasteiger partial charge in [0.25, 0.3) is 0 Å². The van der Waals surface area contributed by atoms with Crippen LogP contribution in [-0.2, 0) is 14.3 Å². The van der Waals surface area contributed by atoms with Crippen LogP contribution in [0, 0.1) is 0 Å². The van der Waals surface area contributed by atoms with Crippen LogP contribution in [0.15, 0.2) is 0 Å². The highest BCUT2D eigenvalue weighted by molar-refractivity contribution is 6.35. The summed E-state index contributed by atoms with van der Waals surface area (Å²) in [6, 6.07) is 0. The molecule has 8 nitrogen and oxygen atoms in total. The molecule has 1 fully saturated rings. The number of ether oxygens (including phenoxy) is 1. The fourth-order valence-corrected chi connectivity index (χ4v) is 2.10. The van der Waals surface area contributed by atoms with Crippen molar-refractivity contribution in [2.24, 2.45) is 0 Å². The summed E-state index contributed by atoms with van der Waals surface area (Å²) in [7, 11) is 0. The Kier molecular flexibility index (Phi) is 8.91. The van der Waals surface area contributed by atoms with Crippen LogP contribution >= 0.6 is 0 Å². The average Bonchev–Trinajstić information content (AvgIpc) is 2.51. The SMILES string of the molecule is O=C(NCCCN1CCOCC1)C(=O)N(CCO)CCO. The summed E-state index contributed by atoms with van der Waals surface area (Å²) in [4.78, 5) is 26.9. The van der Waals surface area contributed by atoms with Gasteiger partial charge in [-0.3, -0.25) is 14.5 Å². The molecule has 0 aromatic rings. The Hall–Kier alpha value is -1.22. The lowest BCUT2D eigenvalue weighted by atomic mass is 10.3. The van der Waals surface area contributed by atoms with Crippen molar-refractivity contribution in [1.29, 1.82) is 0 Å². The third kappa shape index (κ3) is 6.85. The number of carbonyl (C=O) groups excluding carboxylic acids is 2. The van der Waals surface area contributed by atoms with Gasteiger partial charge in [-0.2, -0.15) is 0 Å². The van der Waals surface area contributed by atoms with Crippen molar-refractivity contribution in [3.63, 3.8) is 0 Å². The first-order valence-corrected chi connectivity index (χ1v) is 7.28. The van der Waals surface area contributed by atoms with Crippen molar-refractivity contribution in [2.45, 2.75) is 6.42 Å². The molecule has 1 aliphatic rings. The molecule has 1 rings (SSSR count). The van der Waals surface area contributed by atoms with Crippen molar-refractivity contribution in [2.75, 3.05) is 65.7 Å². The summed E-state index contributed by atoms with van der Waals surface area (Å²) < 4.78 is 5.25. The fourth-order valence-electron chi connectivity index (χ4n) is 2.10. The summed E-state index contributed by atoms with van der Waals surface area (Å²) in [5.74, 6) is -1.41. The smallest absolute Gasteiger partial charge is 0.312 e. The average molecular weight is 303 g/mol. The minimum absolute atomic E-state index is 0.0423. The van der Waals surface area contributed by atoms with Crippen LogP contribution in [0.3, 0.4) is 0 Å². The number of rotatable bonds is 8. The zero-order valence-corrected chi connectivity index (χ0v) is 12.3. The van der Waals surface area contributed by atoms with Gasteiger partial charge in [0.2, 0.25) is 0 Å². The minimum atomic E-state index is -0.718. The number of nitrogens with one attached hydrogen (secondary N) is 1. The van der Waals surface area contributed by atoms with Crippen molar-refractivity contribution in [1.82, 2.24) is 15.1 Å². The topological polar surface area (TPSA) is 102 Å². The maximum atomic E-state index is 11.8. The molecule has 0 unspecified atom stereocenters. The van der Waals surface area contributed by atoms with Gasteiger partial charge in [-0.1, -0.05) is 0 Å². The van der Waals surface area contributed by atoms with E-state index in [1.807, 2.05) is 0 Å². The molecule has 0 atom stereocenters.